The fourth-order valence-corrected chi connectivity index (χ4v) is 96.8. The van der Waals surface area contributed by atoms with Crippen LogP contribution in [0.4, 0.5) is 13.2 Å². The molecule has 0 rings (SSSR count). The molecule has 0 saturated carbocycles. The standard InChI is InChI=1S/CF3O3SSi16/c2-1(3,4)8(5,6)7-10-12-14-16-18-20-22-24-23-21-19-17-15-13-11-9. The van der Waals surface area contributed by atoms with E-state index in [-0.39, 0.29) is 8.55 Å². The molecule has 0 aliphatic heterocycles. The largest absolute Gasteiger partial charge is 0.522 e. The van der Waals surface area contributed by atoms with Crippen LogP contribution in [0.5, 0.6) is 0 Å². The Hall–Kier alpha value is 3.17. The summed E-state index contributed by atoms with van der Waals surface area (Å²) in [6, 6.07) is 0. The summed E-state index contributed by atoms with van der Waals surface area (Å²) in [6.07, 6.45) is 0. The normalized spacial score (nSPS) is 12.7. The van der Waals surface area contributed by atoms with Gasteiger partial charge in [0.2, 0.25) is 9.28 Å². The lowest BCUT2D eigenvalue weighted by Gasteiger charge is -2.06. The topological polar surface area (TPSA) is 43.4 Å². The van der Waals surface area contributed by atoms with Crippen molar-refractivity contribution in [1.82, 2.24) is 0 Å². The van der Waals surface area contributed by atoms with E-state index in [1.807, 2.05) is 0 Å². The van der Waals surface area contributed by atoms with E-state index in [1.165, 1.54) is 34.2 Å². The molecule has 0 aromatic heterocycles. The van der Waals surface area contributed by atoms with Crippen LogP contribution < -0.4 is 0 Å². The Morgan fingerprint density at radius 3 is 1.33 bits per heavy atom. The van der Waals surface area contributed by atoms with Crippen molar-refractivity contribution in [3.63, 3.8) is 0 Å². The molecule has 24 heavy (non-hydrogen) atoms. The zero-order chi connectivity index (χ0) is 18.3. The van der Waals surface area contributed by atoms with Crippen LogP contribution in [0.2, 0.25) is 0 Å². The van der Waals surface area contributed by atoms with Gasteiger partial charge in [0.1, 0.15) is 0 Å². The minimum Gasteiger partial charge on any atom is -0.314 e. The van der Waals surface area contributed by atoms with Crippen LogP contribution in [0.25, 0.3) is 0 Å². The highest BCUT2D eigenvalue weighted by Gasteiger charge is 2.46. The molecule has 0 heterocycles. The highest BCUT2D eigenvalue weighted by Crippen LogP contribution is 2.23. The molecule has 0 N–H and O–H groups in total. The summed E-state index contributed by atoms with van der Waals surface area (Å²) < 4.78 is 61.4. The van der Waals surface area contributed by atoms with Crippen molar-refractivity contribution in [3.8, 4) is 0 Å². The van der Waals surface area contributed by atoms with Gasteiger partial charge in [-0.25, -0.2) is 0 Å². The second kappa shape index (κ2) is 17.1. The summed E-state index contributed by atoms with van der Waals surface area (Å²) in [5.74, 6) is 0. The molecule has 0 bridgehead atoms. The monoisotopic (exact) mass is 597 g/mol. The Bertz CT molecular complexity index is 387. The zero-order valence-corrected chi connectivity index (χ0v) is 28.1. The predicted octanol–water partition coefficient (Wildman–Crippen LogP) is -5.78. The highest BCUT2D eigenvalue weighted by atomic mass is 32.2. The van der Waals surface area contributed by atoms with Gasteiger partial charge in [-0.1, -0.05) is 0 Å². The van der Waals surface area contributed by atoms with Crippen molar-refractivity contribution < 1.29 is 25.5 Å². The van der Waals surface area contributed by atoms with Crippen molar-refractivity contribution in [1.29, 1.82) is 0 Å². The van der Waals surface area contributed by atoms with Crippen LogP contribution in [0.15, 0.2) is 0 Å². The molecule has 3 nitrogen and oxygen atoms in total. The van der Waals surface area contributed by atoms with Crippen molar-refractivity contribution in [2.75, 3.05) is 0 Å². The molecular formula is CF3O3SSi16. The maximum atomic E-state index is 12.0. The first-order chi connectivity index (χ1) is 11.3. The van der Waals surface area contributed by atoms with Crippen LogP contribution >= 0.6 is 0 Å². The quantitative estimate of drug-likeness (QED) is 0.101. The molecule has 0 unspecified atom stereocenters. The fourth-order valence-electron chi connectivity index (χ4n) is 0.523. The molecule has 0 aliphatic rings. The lowest BCUT2D eigenvalue weighted by atomic mass is 11.6. The van der Waals surface area contributed by atoms with Gasteiger partial charge in [-0.2, -0.15) is 21.6 Å². The third kappa shape index (κ3) is 16.2. The van der Waals surface area contributed by atoms with Crippen molar-refractivity contribution in [2.24, 2.45) is 0 Å². The maximum absolute atomic E-state index is 12.0. The molecule has 0 spiro atoms. The molecule has 23 heteroatoms. The van der Waals surface area contributed by atoms with E-state index in [4.69, 9.17) is 0 Å². The van der Waals surface area contributed by atoms with Gasteiger partial charge in [-0.05, 0) is 0 Å². The molecular weight excluding hydrogens is 598 g/mol. The first-order valence-corrected chi connectivity index (χ1v) is 37.0. The van der Waals surface area contributed by atoms with E-state index in [1.54, 1.807) is 0 Å². The number of halogens is 3. The summed E-state index contributed by atoms with van der Waals surface area (Å²) in [6.45, 7) is 0. The van der Waals surface area contributed by atoms with Gasteiger partial charge >= 0.3 is 15.6 Å². The Labute approximate surface area is 178 Å². The summed E-state index contributed by atoms with van der Waals surface area (Å²) in [5.41, 5.74) is -5.29. The molecule has 0 aliphatic carbocycles. The van der Waals surface area contributed by atoms with Crippen molar-refractivity contribution in [2.45, 2.75) is 5.51 Å². The first kappa shape index (κ1) is 27.2. The molecule has 0 amide bonds. The lowest BCUT2D eigenvalue weighted by Crippen LogP contribution is -2.36. The second-order valence-corrected chi connectivity index (χ2v) is 51.2. The average Bonchev–Trinajstić information content (AvgIpc) is 2.50. The third-order valence-electron chi connectivity index (χ3n) is 1.30. The van der Waals surface area contributed by atoms with Crippen LogP contribution in [-0.4, -0.2) is 153 Å². The molecule has 0 aromatic carbocycles. The summed E-state index contributed by atoms with van der Waals surface area (Å²) in [7, 11) is 11.2. The molecule has 0 atom stereocenters. The van der Waals surface area contributed by atoms with Crippen LogP contribution in [0.1, 0.15) is 0 Å². The van der Waals surface area contributed by atoms with E-state index in [9.17, 15) is 21.6 Å². The fraction of sp³-hybridized carbons (Fsp3) is 1.00. The van der Waals surface area contributed by atoms with E-state index in [2.05, 4.69) is 13.6 Å². The van der Waals surface area contributed by atoms with Crippen molar-refractivity contribution in [3.05, 3.63) is 0 Å². The van der Waals surface area contributed by atoms with Crippen LogP contribution in [0, 0.1) is 0 Å². The highest BCUT2D eigenvalue weighted by molar-refractivity contribution is 7.88. The van der Waals surface area contributed by atoms with E-state index in [0.29, 0.717) is 8.55 Å². The number of hydrogen-bond acceptors (Lipinski definition) is 3. The maximum Gasteiger partial charge on any atom is 0.522 e. The molecule has 0 fully saturated rings. The third-order valence-corrected chi connectivity index (χ3v) is 70.2. The summed E-state index contributed by atoms with van der Waals surface area (Å²) >= 11 is 0. The van der Waals surface area contributed by atoms with Gasteiger partial charge in [-0.15, -0.1) is 0 Å². The Morgan fingerprint density at radius 2 is 1.00 bits per heavy atom. The zero-order valence-electron chi connectivity index (χ0n) is 11.3. The molecule has 33 radical (unpaired) electrons. The van der Waals surface area contributed by atoms with Gasteiger partial charge in [0.15, 0.2) is 0 Å². The SMILES string of the molecule is O=S(=O)(O[Si][Si][Si][Si][Si][Si][Si][Si][Si][Si][Si][Si][Si][Si][Si][Si])C(F)(F)F. The van der Waals surface area contributed by atoms with Gasteiger partial charge in [0.25, 0.3) is 0 Å². The first-order valence-electron chi connectivity index (χ1n) is 5.23. The number of alkyl halides is 3. The van der Waals surface area contributed by atoms with E-state index < -0.39 is 24.9 Å². The number of hydrogen-bond donors (Lipinski definition) is 0. The van der Waals surface area contributed by atoms with Gasteiger partial charge in [-0.3, -0.25) is 0 Å². The van der Waals surface area contributed by atoms with Crippen molar-refractivity contribution >= 4 is 149 Å². The number of rotatable bonds is 16. The van der Waals surface area contributed by atoms with E-state index in [0.717, 1.165) is 68.4 Å². The van der Waals surface area contributed by atoms with Gasteiger partial charge < -0.3 is 3.87 Å². The molecule has 0 aromatic rings. The Morgan fingerprint density at radius 1 is 0.667 bits per heavy atom. The van der Waals surface area contributed by atoms with Gasteiger partial charge in [0.05, 0.1) is 0 Å². The lowest BCUT2D eigenvalue weighted by molar-refractivity contribution is -0.0498. The van der Waals surface area contributed by atoms with Crippen LogP contribution in [0.3, 0.4) is 0 Å². The minimum atomic E-state index is -5.38. The minimum absolute atomic E-state index is 0.183. The smallest absolute Gasteiger partial charge is 0.314 e. The Balaban J connectivity index is 3.27. The summed E-state index contributed by atoms with van der Waals surface area (Å²) in [5, 5.41) is 0. The van der Waals surface area contributed by atoms with Gasteiger partial charge in [0, 0.05) is 130 Å². The molecule has 0 saturated heterocycles. The second-order valence-electron chi connectivity index (χ2n) is 2.84. The summed E-state index contributed by atoms with van der Waals surface area (Å²) in [4.78, 5) is 0. The average molecular weight is 598 g/mol. The van der Waals surface area contributed by atoms with E-state index >= 15 is 0 Å². The predicted molar refractivity (Wildman–Crippen MR) is 108 cm³/mol. The van der Waals surface area contributed by atoms with Crippen LogP contribution in [-0.2, 0) is 14.0 Å². The Kier molecular flexibility index (Phi) is 19.3. The molecule has 113 valence electrons.